The molecular formula is C17H10BrIN2O4. The Morgan fingerprint density at radius 2 is 1.96 bits per heavy atom. The molecule has 1 N–H and O–H groups in total. The fraction of sp³-hybridized carbons (Fsp3) is 0. The highest BCUT2D eigenvalue weighted by Gasteiger charge is 2.15. The minimum Gasteiger partial charge on any atom is -0.451 e. The van der Waals surface area contributed by atoms with E-state index in [1.54, 1.807) is 24.3 Å². The molecule has 0 bridgehead atoms. The molecule has 0 spiro atoms. The maximum Gasteiger partial charge on any atom is 0.291 e. The second-order valence-corrected chi connectivity index (χ2v) is 7.13. The molecule has 0 aliphatic heterocycles. The van der Waals surface area contributed by atoms with Crippen LogP contribution in [0.1, 0.15) is 10.6 Å². The van der Waals surface area contributed by atoms with Crippen molar-refractivity contribution in [3.8, 4) is 11.3 Å². The predicted molar refractivity (Wildman–Crippen MR) is 106 cm³/mol. The summed E-state index contributed by atoms with van der Waals surface area (Å²) in [4.78, 5) is 22.7. The number of furan rings is 1. The summed E-state index contributed by atoms with van der Waals surface area (Å²) in [7, 11) is 0. The zero-order valence-electron chi connectivity index (χ0n) is 12.5. The van der Waals surface area contributed by atoms with E-state index >= 15 is 0 Å². The standard InChI is InChI=1S/C17H10BrIN2O4/c18-11-4-5-14(13(19)9-11)20-17(22)16-7-6-15(25-16)10-2-1-3-12(8-10)21(23)24/h1-9H,(H,20,22). The summed E-state index contributed by atoms with van der Waals surface area (Å²) in [6.45, 7) is 0. The van der Waals surface area contributed by atoms with Gasteiger partial charge in [0.2, 0.25) is 0 Å². The molecule has 6 nitrogen and oxygen atoms in total. The number of hydrogen-bond acceptors (Lipinski definition) is 4. The molecule has 0 saturated heterocycles. The fourth-order valence-corrected chi connectivity index (χ4v) is 3.60. The van der Waals surface area contributed by atoms with E-state index in [4.69, 9.17) is 4.42 Å². The molecule has 1 aromatic heterocycles. The number of nitro benzene ring substituents is 1. The minimum absolute atomic E-state index is 0.0377. The van der Waals surface area contributed by atoms with Crippen molar-refractivity contribution < 1.29 is 14.1 Å². The maximum absolute atomic E-state index is 12.3. The van der Waals surface area contributed by atoms with Crippen molar-refractivity contribution in [2.75, 3.05) is 5.32 Å². The Bertz CT molecular complexity index is 971. The molecule has 3 aromatic rings. The van der Waals surface area contributed by atoms with E-state index in [9.17, 15) is 14.9 Å². The molecule has 8 heteroatoms. The van der Waals surface area contributed by atoms with Gasteiger partial charge in [0, 0.05) is 25.7 Å². The SMILES string of the molecule is O=C(Nc1ccc(Br)cc1I)c1ccc(-c2cccc([N+](=O)[O-])c2)o1. The monoisotopic (exact) mass is 512 g/mol. The summed E-state index contributed by atoms with van der Waals surface area (Å²) >= 11 is 5.49. The molecule has 0 unspecified atom stereocenters. The van der Waals surface area contributed by atoms with Crippen LogP contribution >= 0.6 is 38.5 Å². The number of anilines is 1. The number of non-ortho nitro benzene ring substituents is 1. The maximum atomic E-state index is 12.3. The Hall–Kier alpha value is -2.20. The van der Waals surface area contributed by atoms with Crippen LogP contribution in [-0.4, -0.2) is 10.8 Å². The number of halogens is 2. The topological polar surface area (TPSA) is 85.4 Å². The highest BCUT2D eigenvalue weighted by atomic mass is 127. The average molecular weight is 513 g/mol. The highest BCUT2D eigenvalue weighted by Crippen LogP contribution is 2.27. The van der Waals surface area contributed by atoms with Crippen LogP contribution < -0.4 is 5.32 Å². The van der Waals surface area contributed by atoms with Crippen molar-refractivity contribution in [2.24, 2.45) is 0 Å². The third-order valence-electron chi connectivity index (χ3n) is 3.35. The van der Waals surface area contributed by atoms with Gasteiger partial charge >= 0.3 is 0 Å². The van der Waals surface area contributed by atoms with Gasteiger partial charge in [0.15, 0.2) is 5.76 Å². The van der Waals surface area contributed by atoms with Crippen molar-refractivity contribution in [1.29, 1.82) is 0 Å². The van der Waals surface area contributed by atoms with Crippen LogP contribution in [0.5, 0.6) is 0 Å². The van der Waals surface area contributed by atoms with Crippen LogP contribution in [0, 0.1) is 13.7 Å². The molecule has 1 heterocycles. The van der Waals surface area contributed by atoms with Crippen molar-refractivity contribution in [2.45, 2.75) is 0 Å². The Labute approximate surface area is 164 Å². The van der Waals surface area contributed by atoms with Gasteiger partial charge < -0.3 is 9.73 Å². The molecule has 25 heavy (non-hydrogen) atoms. The number of amides is 1. The zero-order valence-corrected chi connectivity index (χ0v) is 16.3. The first-order valence-corrected chi connectivity index (χ1v) is 8.92. The van der Waals surface area contributed by atoms with Gasteiger partial charge in [0.1, 0.15) is 5.76 Å². The van der Waals surface area contributed by atoms with Gasteiger partial charge in [0.25, 0.3) is 11.6 Å². The van der Waals surface area contributed by atoms with Gasteiger partial charge in [0.05, 0.1) is 10.6 Å². The average Bonchev–Trinajstić information content (AvgIpc) is 3.07. The predicted octanol–water partition coefficient (Wildman–Crippen LogP) is 5.47. The Kier molecular flexibility index (Phi) is 5.19. The zero-order chi connectivity index (χ0) is 18.0. The lowest BCUT2D eigenvalue weighted by Gasteiger charge is -2.06. The Morgan fingerprint density at radius 1 is 1.16 bits per heavy atom. The van der Waals surface area contributed by atoms with Gasteiger partial charge in [-0.2, -0.15) is 0 Å². The van der Waals surface area contributed by atoms with Crippen LogP contribution in [0.25, 0.3) is 11.3 Å². The second kappa shape index (κ2) is 7.36. The summed E-state index contributed by atoms with van der Waals surface area (Å²) in [5, 5.41) is 13.6. The molecule has 0 atom stereocenters. The largest absolute Gasteiger partial charge is 0.451 e. The number of rotatable bonds is 4. The quantitative estimate of drug-likeness (QED) is 0.285. The van der Waals surface area contributed by atoms with Gasteiger partial charge in [-0.15, -0.1) is 0 Å². The van der Waals surface area contributed by atoms with E-state index in [1.807, 2.05) is 12.1 Å². The summed E-state index contributed by atoms with van der Waals surface area (Å²) in [6.07, 6.45) is 0. The summed E-state index contributed by atoms with van der Waals surface area (Å²) in [5.74, 6) is 0.122. The first-order chi connectivity index (χ1) is 11.9. The molecule has 126 valence electrons. The lowest BCUT2D eigenvalue weighted by atomic mass is 10.1. The smallest absolute Gasteiger partial charge is 0.291 e. The Morgan fingerprint density at radius 3 is 2.68 bits per heavy atom. The Balaban J connectivity index is 1.82. The summed E-state index contributed by atoms with van der Waals surface area (Å²) in [5.41, 5.74) is 1.16. The molecule has 0 radical (unpaired) electrons. The minimum atomic E-state index is -0.477. The molecule has 2 aromatic carbocycles. The molecule has 0 saturated carbocycles. The summed E-state index contributed by atoms with van der Waals surface area (Å²) < 4.78 is 7.35. The van der Waals surface area contributed by atoms with Crippen LogP contribution in [0.3, 0.4) is 0 Å². The van der Waals surface area contributed by atoms with Gasteiger partial charge in [-0.3, -0.25) is 14.9 Å². The van der Waals surface area contributed by atoms with Crippen LogP contribution in [-0.2, 0) is 0 Å². The molecule has 0 aliphatic carbocycles. The van der Waals surface area contributed by atoms with E-state index in [0.717, 1.165) is 8.04 Å². The molecule has 0 fully saturated rings. The van der Waals surface area contributed by atoms with Crippen molar-refractivity contribution in [3.63, 3.8) is 0 Å². The van der Waals surface area contributed by atoms with Crippen molar-refractivity contribution in [3.05, 3.63) is 78.5 Å². The van der Waals surface area contributed by atoms with Gasteiger partial charge in [-0.05, 0) is 52.9 Å². The molecule has 1 amide bonds. The first-order valence-electron chi connectivity index (χ1n) is 7.05. The van der Waals surface area contributed by atoms with Crippen molar-refractivity contribution in [1.82, 2.24) is 0 Å². The number of hydrogen-bond donors (Lipinski definition) is 1. The van der Waals surface area contributed by atoms with E-state index in [0.29, 0.717) is 17.0 Å². The highest BCUT2D eigenvalue weighted by molar-refractivity contribution is 14.1. The van der Waals surface area contributed by atoms with Crippen LogP contribution in [0.2, 0.25) is 0 Å². The second-order valence-electron chi connectivity index (χ2n) is 5.05. The number of nitrogens with zero attached hydrogens (tertiary/aromatic N) is 1. The molecular weight excluding hydrogens is 503 g/mol. The fourth-order valence-electron chi connectivity index (χ4n) is 2.16. The molecule has 0 aliphatic rings. The van der Waals surface area contributed by atoms with E-state index in [2.05, 4.69) is 43.8 Å². The number of carbonyl (C=O) groups excluding carboxylic acids is 1. The lowest BCUT2D eigenvalue weighted by molar-refractivity contribution is -0.384. The number of nitro groups is 1. The molecule has 3 rings (SSSR count). The third kappa shape index (κ3) is 4.07. The summed E-state index contributed by atoms with van der Waals surface area (Å²) in [6, 6.07) is 14.7. The van der Waals surface area contributed by atoms with Gasteiger partial charge in [-0.25, -0.2) is 0 Å². The van der Waals surface area contributed by atoms with E-state index < -0.39 is 10.8 Å². The number of nitrogens with one attached hydrogen (secondary N) is 1. The van der Waals surface area contributed by atoms with Gasteiger partial charge in [-0.1, -0.05) is 28.1 Å². The first kappa shape index (κ1) is 17.6. The number of carbonyl (C=O) groups is 1. The van der Waals surface area contributed by atoms with Crippen LogP contribution in [0.15, 0.2) is 63.5 Å². The van der Waals surface area contributed by atoms with E-state index in [1.165, 1.54) is 18.2 Å². The van der Waals surface area contributed by atoms with Crippen molar-refractivity contribution >= 4 is 55.8 Å². The van der Waals surface area contributed by atoms with Crippen LogP contribution in [0.4, 0.5) is 11.4 Å². The van der Waals surface area contributed by atoms with E-state index in [-0.39, 0.29) is 11.4 Å². The third-order valence-corrected chi connectivity index (χ3v) is 4.74. The number of benzene rings is 2. The lowest BCUT2D eigenvalue weighted by Crippen LogP contribution is -2.11. The normalized spacial score (nSPS) is 10.5.